The quantitative estimate of drug-likeness (QED) is 0.522. The van der Waals surface area contributed by atoms with Crippen LogP contribution in [0, 0.1) is 5.82 Å². The number of hydrogen-bond donors (Lipinski definition) is 0. The first kappa shape index (κ1) is 20.6. The first-order valence-corrected chi connectivity index (χ1v) is 10.8. The van der Waals surface area contributed by atoms with Gasteiger partial charge in [0.05, 0.1) is 16.6 Å². The minimum absolute atomic E-state index is 0.00128. The number of carbonyl (C=O) groups is 1. The summed E-state index contributed by atoms with van der Waals surface area (Å²) in [6.45, 7) is 8.24. The molecule has 3 atom stereocenters. The zero-order valence-electron chi connectivity index (χ0n) is 16.7. The minimum Gasteiger partial charge on any atom is -0.444 e. The highest BCUT2D eigenvalue weighted by atomic mass is 79.9. The molecule has 1 amide bonds. The summed E-state index contributed by atoms with van der Waals surface area (Å²) in [5, 5.41) is 0.602. The van der Waals surface area contributed by atoms with Crippen LogP contribution in [-0.4, -0.2) is 51.2 Å². The lowest BCUT2D eigenvalue weighted by molar-refractivity contribution is 0.00835. The van der Waals surface area contributed by atoms with Gasteiger partial charge < -0.3 is 9.64 Å². The molecule has 2 bridgehead atoms. The average molecular weight is 486 g/mol. The van der Waals surface area contributed by atoms with Crippen molar-refractivity contribution in [2.24, 2.45) is 0 Å². The number of aromatic nitrogens is 2. The van der Waals surface area contributed by atoms with Crippen molar-refractivity contribution in [3.05, 3.63) is 27.7 Å². The average Bonchev–Trinajstić information content (AvgIpc) is 2.97. The summed E-state index contributed by atoms with van der Waals surface area (Å²) >= 11 is 9.34. The Kier molecular flexibility index (Phi) is 5.14. The highest BCUT2D eigenvalue weighted by Crippen LogP contribution is 2.40. The molecule has 9 heteroatoms. The van der Waals surface area contributed by atoms with Gasteiger partial charge in [-0.15, -0.1) is 0 Å². The maximum absolute atomic E-state index is 14.6. The van der Waals surface area contributed by atoms with Gasteiger partial charge in [0.25, 0.3) is 0 Å². The SMILES string of the molecule is CC1[C@@H]2CC[C@H](CN1c1nc(Cl)nc3c(F)c(Br)ccc13)N2C(=O)OC(C)(C)C. The number of halogens is 3. The van der Waals surface area contributed by atoms with Gasteiger partial charge in [0.15, 0.2) is 5.82 Å². The van der Waals surface area contributed by atoms with Gasteiger partial charge in [-0.2, -0.15) is 4.98 Å². The summed E-state index contributed by atoms with van der Waals surface area (Å²) in [5.41, 5.74) is -0.360. The van der Waals surface area contributed by atoms with Crippen molar-refractivity contribution in [1.82, 2.24) is 14.9 Å². The number of rotatable bonds is 1. The molecular formula is C20H23BrClFN4O2. The first-order valence-electron chi connectivity index (χ1n) is 9.66. The summed E-state index contributed by atoms with van der Waals surface area (Å²) < 4.78 is 20.6. The monoisotopic (exact) mass is 484 g/mol. The Morgan fingerprint density at radius 1 is 1.31 bits per heavy atom. The van der Waals surface area contributed by atoms with Crippen molar-refractivity contribution in [3.63, 3.8) is 0 Å². The molecule has 6 nitrogen and oxygen atoms in total. The number of fused-ring (bicyclic) bond motifs is 3. The summed E-state index contributed by atoms with van der Waals surface area (Å²) in [5.74, 6) is 0.135. The van der Waals surface area contributed by atoms with Crippen LogP contribution in [0.5, 0.6) is 0 Å². The maximum atomic E-state index is 14.6. The van der Waals surface area contributed by atoms with Crippen LogP contribution in [0.4, 0.5) is 15.0 Å². The van der Waals surface area contributed by atoms with E-state index in [1.54, 1.807) is 12.1 Å². The number of nitrogens with zero attached hydrogens (tertiary/aromatic N) is 4. The molecule has 0 N–H and O–H groups in total. The second-order valence-electron chi connectivity index (χ2n) is 8.65. The van der Waals surface area contributed by atoms with E-state index in [0.29, 0.717) is 22.2 Å². The molecular weight excluding hydrogens is 463 g/mol. The standard InChI is InChI=1S/C20H23BrClFN4O2/c1-10-14-8-5-11(27(14)19(28)29-20(2,3)4)9-26(10)17-12-6-7-13(21)15(23)16(12)24-18(22)25-17/h6-7,10-11,14H,5,8-9H2,1-4H3/t10?,11-,14+/m1/s1. The van der Waals surface area contributed by atoms with Crippen molar-refractivity contribution in [2.45, 2.75) is 64.3 Å². The molecule has 3 heterocycles. The molecule has 2 fully saturated rings. The molecule has 2 aromatic rings. The van der Waals surface area contributed by atoms with E-state index in [1.807, 2.05) is 25.7 Å². The third-order valence-corrected chi connectivity index (χ3v) is 6.37. The van der Waals surface area contributed by atoms with Crippen LogP contribution in [0.2, 0.25) is 5.28 Å². The zero-order chi connectivity index (χ0) is 21.1. The Bertz CT molecular complexity index is 983. The molecule has 0 radical (unpaired) electrons. The number of hydrogen-bond acceptors (Lipinski definition) is 5. The second kappa shape index (κ2) is 7.23. The van der Waals surface area contributed by atoms with E-state index in [4.69, 9.17) is 16.3 Å². The van der Waals surface area contributed by atoms with Crippen molar-refractivity contribution >= 4 is 50.3 Å². The number of piperazine rings is 1. The number of ether oxygens (including phenoxy) is 1. The Balaban J connectivity index is 1.71. The summed E-state index contributed by atoms with van der Waals surface area (Å²) in [6, 6.07) is 3.42. The van der Waals surface area contributed by atoms with Gasteiger partial charge in [0.2, 0.25) is 5.28 Å². The fraction of sp³-hybridized carbons (Fsp3) is 0.550. The van der Waals surface area contributed by atoms with E-state index in [0.717, 1.165) is 12.8 Å². The first-order chi connectivity index (χ1) is 13.6. The third-order valence-electron chi connectivity index (χ3n) is 5.59. The third kappa shape index (κ3) is 3.65. The highest BCUT2D eigenvalue weighted by Gasteiger charge is 2.48. The Morgan fingerprint density at radius 3 is 2.72 bits per heavy atom. The summed E-state index contributed by atoms with van der Waals surface area (Å²) in [7, 11) is 0. The summed E-state index contributed by atoms with van der Waals surface area (Å²) in [4.78, 5) is 25.3. The second-order valence-corrected chi connectivity index (χ2v) is 9.85. The van der Waals surface area contributed by atoms with Crippen LogP contribution < -0.4 is 4.90 Å². The van der Waals surface area contributed by atoms with E-state index in [-0.39, 0.29) is 35.0 Å². The van der Waals surface area contributed by atoms with Gasteiger partial charge in [-0.1, -0.05) is 0 Å². The molecule has 156 valence electrons. The topological polar surface area (TPSA) is 58.6 Å². The van der Waals surface area contributed by atoms with Crippen molar-refractivity contribution in [3.8, 4) is 0 Å². The largest absolute Gasteiger partial charge is 0.444 e. The van der Waals surface area contributed by atoms with Gasteiger partial charge in [-0.05, 0) is 80.2 Å². The maximum Gasteiger partial charge on any atom is 0.410 e. The van der Waals surface area contributed by atoms with E-state index in [2.05, 4.69) is 37.7 Å². The fourth-order valence-electron chi connectivity index (χ4n) is 4.36. The molecule has 0 saturated carbocycles. The predicted octanol–water partition coefficient (Wildman–Crippen LogP) is 5.16. The molecule has 2 aliphatic heterocycles. The minimum atomic E-state index is -0.543. The Labute approximate surface area is 182 Å². The van der Waals surface area contributed by atoms with Crippen LogP contribution in [0.15, 0.2) is 16.6 Å². The summed E-state index contributed by atoms with van der Waals surface area (Å²) in [6.07, 6.45) is 1.50. The molecule has 2 saturated heterocycles. The van der Waals surface area contributed by atoms with Crippen LogP contribution in [0.3, 0.4) is 0 Å². The van der Waals surface area contributed by atoms with E-state index < -0.39 is 11.4 Å². The lowest BCUT2D eigenvalue weighted by atomic mass is 10.0. The van der Waals surface area contributed by atoms with E-state index in [9.17, 15) is 9.18 Å². The van der Waals surface area contributed by atoms with Crippen LogP contribution in [0.25, 0.3) is 10.9 Å². The number of benzene rings is 1. The van der Waals surface area contributed by atoms with Gasteiger partial charge >= 0.3 is 6.09 Å². The van der Waals surface area contributed by atoms with Gasteiger partial charge in [0.1, 0.15) is 16.9 Å². The molecule has 0 spiro atoms. The molecule has 1 aromatic carbocycles. The lowest BCUT2D eigenvalue weighted by Gasteiger charge is -2.46. The Morgan fingerprint density at radius 2 is 2.03 bits per heavy atom. The predicted molar refractivity (Wildman–Crippen MR) is 114 cm³/mol. The van der Waals surface area contributed by atoms with Crippen LogP contribution >= 0.6 is 27.5 Å². The molecule has 0 aliphatic carbocycles. The Hall–Kier alpha value is -1.67. The molecule has 1 unspecified atom stereocenters. The van der Waals surface area contributed by atoms with Crippen LogP contribution in [0.1, 0.15) is 40.5 Å². The zero-order valence-corrected chi connectivity index (χ0v) is 19.1. The van der Waals surface area contributed by atoms with Crippen molar-refractivity contribution in [2.75, 3.05) is 11.4 Å². The number of carbonyl (C=O) groups excluding carboxylic acids is 1. The van der Waals surface area contributed by atoms with Gasteiger partial charge in [0, 0.05) is 18.0 Å². The van der Waals surface area contributed by atoms with Gasteiger partial charge in [-0.25, -0.2) is 14.2 Å². The highest BCUT2D eigenvalue weighted by molar-refractivity contribution is 9.10. The van der Waals surface area contributed by atoms with E-state index in [1.165, 1.54) is 0 Å². The smallest absolute Gasteiger partial charge is 0.410 e. The number of amides is 1. The van der Waals surface area contributed by atoms with Crippen LogP contribution in [-0.2, 0) is 4.74 Å². The lowest BCUT2D eigenvalue weighted by Crippen LogP contribution is -2.61. The molecule has 29 heavy (non-hydrogen) atoms. The molecule has 4 rings (SSSR count). The van der Waals surface area contributed by atoms with Crippen molar-refractivity contribution in [1.29, 1.82) is 0 Å². The molecule has 2 aliphatic rings. The normalized spacial score (nSPS) is 24.3. The number of anilines is 1. The van der Waals surface area contributed by atoms with E-state index >= 15 is 0 Å². The fourth-order valence-corrected chi connectivity index (χ4v) is 4.84. The molecule has 1 aromatic heterocycles. The van der Waals surface area contributed by atoms with Crippen molar-refractivity contribution < 1.29 is 13.9 Å². The van der Waals surface area contributed by atoms with Gasteiger partial charge in [-0.3, -0.25) is 4.90 Å².